The third kappa shape index (κ3) is 2.97. The van der Waals surface area contributed by atoms with E-state index in [-0.39, 0.29) is 0 Å². The van der Waals surface area contributed by atoms with Crippen molar-refractivity contribution in [1.29, 1.82) is 0 Å². The Bertz CT molecular complexity index is 1100. The Morgan fingerprint density at radius 3 is 1.63 bits per heavy atom. The standard InChI is InChI=1S/C20H14.C6H5.Bi/c1-4-10-17(11-5-1)16-20(18-12-6-2-7-13-18)19-14-8-3-9-15-19;1-2-4-6-5-3-1;/h1-14H;1-5H;. The van der Waals surface area contributed by atoms with Crippen LogP contribution in [0.2, 0.25) is 0 Å². The number of fused-ring (bicyclic) bond motifs is 1. The van der Waals surface area contributed by atoms with E-state index in [1.165, 1.54) is 22.3 Å². The predicted octanol–water partition coefficient (Wildman–Crippen LogP) is 4.81. The van der Waals surface area contributed by atoms with Crippen molar-refractivity contribution in [1.82, 2.24) is 0 Å². The molecule has 0 spiro atoms. The maximum atomic E-state index is 2.37. The van der Waals surface area contributed by atoms with Gasteiger partial charge in [0.05, 0.1) is 0 Å². The molecule has 0 amide bonds. The van der Waals surface area contributed by atoms with Crippen LogP contribution in [0.1, 0.15) is 16.7 Å². The summed E-state index contributed by atoms with van der Waals surface area (Å²) in [5, 5.41) is 0. The van der Waals surface area contributed by atoms with E-state index in [4.69, 9.17) is 0 Å². The van der Waals surface area contributed by atoms with E-state index in [2.05, 4.69) is 115 Å². The van der Waals surface area contributed by atoms with E-state index in [1.807, 2.05) is 0 Å². The second kappa shape index (κ2) is 7.25. The fourth-order valence-corrected chi connectivity index (χ4v) is 14.7. The van der Waals surface area contributed by atoms with Gasteiger partial charge in [0.25, 0.3) is 0 Å². The van der Waals surface area contributed by atoms with Crippen molar-refractivity contribution in [3.8, 4) is 0 Å². The van der Waals surface area contributed by atoms with E-state index in [1.54, 1.807) is 9.82 Å². The van der Waals surface area contributed by atoms with Gasteiger partial charge in [-0.2, -0.15) is 0 Å². The first kappa shape index (κ1) is 16.7. The molecule has 0 fully saturated rings. The van der Waals surface area contributed by atoms with Gasteiger partial charge in [-0.3, -0.25) is 0 Å². The minimum atomic E-state index is -2.36. The zero-order valence-corrected chi connectivity index (χ0v) is 18.4. The fourth-order valence-electron chi connectivity index (χ4n) is 3.85. The summed E-state index contributed by atoms with van der Waals surface area (Å²) in [5.41, 5.74) is 5.59. The van der Waals surface area contributed by atoms with Crippen LogP contribution in [0, 0.1) is 0 Å². The van der Waals surface area contributed by atoms with Crippen LogP contribution in [0.5, 0.6) is 0 Å². The molecule has 1 heteroatoms. The molecule has 1 heterocycles. The average molecular weight is 540 g/mol. The van der Waals surface area contributed by atoms with E-state index in [9.17, 15) is 0 Å². The van der Waals surface area contributed by atoms with Crippen molar-refractivity contribution in [2.75, 3.05) is 0 Å². The molecule has 4 aromatic rings. The van der Waals surface area contributed by atoms with E-state index < -0.39 is 21.8 Å². The van der Waals surface area contributed by atoms with Crippen molar-refractivity contribution < 1.29 is 0 Å². The van der Waals surface area contributed by atoms with Gasteiger partial charge in [-0.25, -0.2) is 0 Å². The van der Waals surface area contributed by atoms with Crippen LogP contribution >= 0.6 is 0 Å². The molecule has 0 saturated carbocycles. The Morgan fingerprint density at radius 2 is 0.963 bits per heavy atom. The quantitative estimate of drug-likeness (QED) is 0.328. The number of hydrogen-bond donors (Lipinski definition) is 0. The van der Waals surface area contributed by atoms with Crippen molar-refractivity contribution in [3.63, 3.8) is 0 Å². The topological polar surface area (TPSA) is 0 Å². The van der Waals surface area contributed by atoms with Crippen molar-refractivity contribution in [2.45, 2.75) is 0 Å². The summed E-state index contributed by atoms with van der Waals surface area (Å²) < 4.78 is 4.74. The zero-order valence-electron chi connectivity index (χ0n) is 14.9. The molecule has 5 rings (SSSR count). The summed E-state index contributed by atoms with van der Waals surface area (Å²) in [4.78, 5) is 0. The van der Waals surface area contributed by atoms with Crippen LogP contribution in [-0.2, 0) is 0 Å². The predicted molar refractivity (Wildman–Crippen MR) is 117 cm³/mol. The first-order valence-corrected chi connectivity index (χ1v) is 14.4. The molecule has 0 atom stereocenters. The van der Waals surface area contributed by atoms with Gasteiger partial charge >= 0.3 is 169 Å². The Kier molecular flexibility index (Phi) is 4.48. The molecule has 0 unspecified atom stereocenters. The molecular formula is C26H19Bi. The molecule has 4 aromatic carbocycles. The number of hydrogen-bond acceptors (Lipinski definition) is 0. The summed E-state index contributed by atoms with van der Waals surface area (Å²) >= 11 is -2.36. The zero-order chi connectivity index (χ0) is 18.1. The molecule has 27 heavy (non-hydrogen) atoms. The third-order valence-electron chi connectivity index (χ3n) is 5.00. The summed E-state index contributed by atoms with van der Waals surface area (Å²) in [7, 11) is 0. The summed E-state index contributed by atoms with van der Waals surface area (Å²) in [6, 6.07) is 42.2. The van der Waals surface area contributed by atoms with Crippen molar-refractivity contribution >= 4 is 37.1 Å². The van der Waals surface area contributed by atoms with E-state index >= 15 is 0 Å². The monoisotopic (exact) mass is 540 g/mol. The summed E-state index contributed by atoms with van der Waals surface area (Å²) in [5.74, 6) is 0. The molecule has 1 aliphatic rings. The van der Waals surface area contributed by atoms with Gasteiger partial charge in [0.15, 0.2) is 0 Å². The Morgan fingerprint density at radius 1 is 0.444 bits per heavy atom. The molecule has 1 aliphatic heterocycles. The first-order chi connectivity index (χ1) is 13.4. The van der Waals surface area contributed by atoms with Gasteiger partial charge in [0.1, 0.15) is 0 Å². The molecule has 0 N–H and O–H groups in total. The van der Waals surface area contributed by atoms with Crippen LogP contribution < -0.4 is 6.54 Å². The number of rotatable bonds is 3. The van der Waals surface area contributed by atoms with Gasteiger partial charge in [0.2, 0.25) is 0 Å². The molecule has 0 bridgehead atoms. The fraction of sp³-hybridized carbons (Fsp3) is 0. The number of benzene rings is 4. The SMILES string of the molecule is c1ccc(C2=[C](c3ccccc3)[Bi]([c]3ccccc3)[c]3ccccc32)cc1. The summed E-state index contributed by atoms with van der Waals surface area (Å²) in [6.07, 6.45) is 0. The van der Waals surface area contributed by atoms with Crippen molar-refractivity contribution in [3.05, 3.63) is 132 Å². The Balaban J connectivity index is 1.86. The average Bonchev–Trinajstić information content (AvgIpc) is 3.11. The molecular weight excluding hydrogens is 521 g/mol. The van der Waals surface area contributed by atoms with Gasteiger partial charge in [-0.1, -0.05) is 0 Å². The summed E-state index contributed by atoms with van der Waals surface area (Å²) in [6.45, 7) is 0. The Labute approximate surface area is 168 Å². The van der Waals surface area contributed by atoms with E-state index in [0.29, 0.717) is 0 Å². The van der Waals surface area contributed by atoms with Crippen molar-refractivity contribution in [2.24, 2.45) is 0 Å². The van der Waals surface area contributed by atoms with Crippen LogP contribution in [0.4, 0.5) is 0 Å². The molecule has 0 aliphatic carbocycles. The first-order valence-electron chi connectivity index (χ1n) is 9.23. The second-order valence-electron chi connectivity index (χ2n) is 6.64. The van der Waals surface area contributed by atoms with Crippen LogP contribution in [0.15, 0.2) is 115 Å². The maximum absolute atomic E-state index is 2.37. The van der Waals surface area contributed by atoms with Gasteiger partial charge in [0, 0.05) is 0 Å². The van der Waals surface area contributed by atoms with Gasteiger partial charge in [-0.05, 0) is 0 Å². The third-order valence-corrected chi connectivity index (χ3v) is 15.2. The molecule has 0 radical (unpaired) electrons. The Hall–Kier alpha value is -2.50. The second-order valence-corrected chi connectivity index (χ2v) is 14.9. The van der Waals surface area contributed by atoms with Crippen LogP contribution in [0.3, 0.4) is 0 Å². The van der Waals surface area contributed by atoms with Gasteiger partial charge in [-0.15, -0.1) is 0 Å². The minimum absolute atomic E-state index is 1.33. The van der Waals surface area contributed by atoms with Gasteiger partial charge < -0.3 is 0 Å². The molecule has 128 valence electrons. The normalized spacial score (nSPS) is 13.6. The molecule has 0 aromatic heterocycles. The van der Waals surface area contributed by atoms with E-state index in [0.717, 1.165) is 0 Å². The molecule has 0 nitrogen and oxygen atoms in total. The van der Waals surface area contributed by atoms with Crippen LogP contribution in [-0.4, -0.2) is 21.8 Å². The molecule has 0 saturated heterocycles. The van der Waals surface area contributed by atoms with Crippen LogP contribution in [0.25, 0.3) is 8.85 Å².